The molecular formula is C17H20N2O2. The highest BCUT2D eigenvalue weighted by Crippen LogP contribution is 2.21. The Morgan fingerprint density at radius 3 is 2.43 bits per heavy atom. The Morgan fingerprint density at radius 2 is 1.81 bits per heavy atom. The van der Waals surface area contributed by atoms with Crippen molar-refractivity contribution in [2.75, 3.05) is 6.54 Å². The number of carbonyl (C=O) groups is 1. The van der Waals surface area contributed by atoms with Crippen LogP contribution in [0, 0.1) is 0 Å². The van der Waals surface area contributed by atoms with Gasteiger partial charge in [0.05, 0.1) is 0 Å². The summed E-state index contributed by atoms with van der Waals surface area (Å²) in [5.74, 6) is -0.386. The van der Waals surface area contributed by atoms with Gasteiger partial charge in [-0.15, -0.1) is 0 Å². The average Bonchev–Trinajstić information content (AvgIpc) is 2.53. The Balaban J connectivity index is 1.98. The minimum atomic E-state index is -1.14. The molecule has 0 fully saturated rings. The molecule has 2 N–H and O–H groups in total. The molecule has 1 amide bonds. The number of aliphatic hydroxyl groups is 1. The molecule has 0 spiro atoms. The second-order valence-electron chi connectivity index (χ2n) is 5.65. The van der Waals surface area contributed by atoms with Crippen molar-refractivity contribution in [2.24, 2.45) is 0 Å². The number of carbonyl (C=O) groups excluding carboxylic acids is 1. The van der Waals surface area contributed by atoms with Gasteiger partial charge in [-0.1, -0.05) is 44.2 Å². The van der Waals surface area contributed by atoms with Gasteiger partial charge in [0.1, 0.15) is 0 Å². The van der Waals surface area contributed by atoms with Crippen LogP contribution in [0.4, 0.5) is 0 Å². The van der Waals surface area contributed by atoms with Crippen molar-refractivity contribution < 1.29 is 9.90 Å². The quantitative estimate of drug-likeness (QED) is 0.885. The minimum absolute atomic E-state index is 0.227. The molecule has 1 aromatic carbocycles. The maximum Gasteiger partial charge on any atom is 0.253 e. The summed E-state index contributed by atoms with van der Waals surface area (Å²) in [7, 11) is 0. The second-order valence-corrected chi connectivity index (χ2v) is 5.65. The van der Waals surface area contributed by atoms with Crippen LogP contribution in [-0.4, -0.2) is 22.5 Å². The molecule has 110 valence electrons. The van der Waals surface area contributed by atoms with Gasteiger partial charge in [0.15, 0.2) is 6.10 Å². The van der Waals surface area contributed by atoms with Crippen LogP contribution in [0.2, 0.25) is 0 Å². The average molecular weight is 284 g/mol. The zero-order chi connectivity index (χ0) is 15.3. The van der Waals surface area contributed by atoms with E-state index in [1.807, 2.05) is 32.0 Å². The molecule has 0 aliphatic carbocycles. The molecule has 21 heavy (non-hydrogen) atoms. The number of nitrogens with zero attached hydrogens (tertiary/aromatic N) is 1. The highest BCUT2D eigenvalue weighted by Gasteiger charge is 2.24. The zero-order valence-corrected chi connectivity index (χ0v) is 12.3. The number of benzene rings is 1. The van der Waals surface area contributed by atoms with Gasteiger partial charge in [0, 0.05) is 24.4 Å². The number of amides is 1. The SMILES string of the molecule is CC(C)(CNC(=O)C(O)c1ccccc1)c1ccncc1. The van der Waals surface area contributed by atoms with Gasteiger partial charge in [-0.2, -0.15) is 0 Å². The molecule has 2 rings (SSSR count). The summed E-state index contributed by atoms with van der Waals surface area (Å²) in [6.45, 7) is 4.52. The standard InChI is InChI=1S/C17H20N2O2/c1-17(2,14-8-10-18-11-9-14)12-19-16(21)15(20)13-6-4-3-5-7-13/h3-11,15,20H,12H2,1-2H3,(H,19,21). The topological polar surface area (TPSA) is 62.2 Å². The van der Waals surface area contributed by atoms with Crippen molar-refractivity contribution in [1.29, 1.82) is 0 Å². The molecule has 0 saturated heterocycles. The third-order valence-corrected chi connectivity index (χ3v) is 3.53. The van der Waals surface area contributed by atoms with E-state index >= 15 is 0 Å². The highest BCUT2D eigenvalue weighted by atomic mass is 16.3. The Morgan fingerprint density at radius 1 is 1.19 bits per heavy atom. The van der Waals surface area contributed by atoms with Crippen LogP contribution < -0.4 is 5.32 Å². The number of rotatable bonds is 5. The molecule has 0 saturated carbocycles. The molecular weight excluding hydrogens is 264 g/mol. The van der Waals surface area contributed by atoms with Gasteiger partial charge >= 0.3 is 0 Å². The van der Waals surface area contributed by atoms with Gasteiger partial charge in [-0.25, -0.2) is 0 Å². The largest absolute Gasteiger partial charge is 0.378 e. The van der Waals surface area contributed by atoms with E-state index in [1.54, 1.807) is 36.7 Å². The first-order valence-corrected chi connectivity index (χ1v) is 6.92. The predicted octanol–water partition coefficient (Wildman–Crippen LogP) is 2.21. The van der Waals surface area contributed by atoms with Gasteiger partial charge in [-0.3, -0.25) is 9.78 Å². The number of aliphatic hydroxyl groups excluding tert-OH is 1. The Hall–Kier alpha value is -2.20. The number of pyridine rings is 1. The fourth-order valence-electron chi connectivity index (χ4n) is 2.10. The first-order valence-electron chi connectivity index (χ1n) is 6.92. The summed E-state index contributed by atoms with van der Waals surface area (Å²) in [4.78, 5) is 16.0. The number of aromatic nitrogens is 1. The summed E-state index contributed by atoms with van der Waals surface area (Å²) in [6.07, 6.45) is 2.33. The lowest BCUT2D eigenvalue weighted by molar-refractivity contribution is -0.129. The molecule has 0 aliphatic heterocycles. The Bertz CT molecular complexity index is 582. The summed E-state index contributed by atoms with van der Waals surface area (Å²) < 4.78 is 0. The van der Waals surface area contributed by atoms with Crippen LogP contribution >= 0.6 is 0 Å². The van der Waals surface area contributed by atoms with Gasteiger partial charge in [0.25, 0.3) is 5.91 Å². The molecule has 1 unspecified atom stereocenters. The Kier molecular flexibility index (Phi) is 4.70. The third kappa shape index (κ3) is 3.89. The van der Waals surface area contributed by atoms with Crippen molar-refractivity contribution in [3.8, 4) is 0 Å². The molecule has 1 heterocycles. The summed E-state index contributed by atoms with van der Waals surface area (Å²) >= 11 is 0. The lowest BCUT2D eigenvalue weighted by Crippen LogP contribution is -2.39. The van der Waals surface area contributed by atoms with Gasteiger partial charge < -0.3 is 10.4 Å². The van der Waals surface area contributed by atoms with Crippen molar-refractivity contribution in [3.05, 3.63) is 66.0 Å². The molecule has 1 atom stereocenters. The maximum atomic E-state index is 12.0. The fourth-order valence-corrected chi connectivity index (χ4v) is 2.10. The van der Waals surface area contributed by atoms with Crippen LogP contribution in [0.15, 0.2) is 54.9 Å². The van der Waals surface area contributed by atoms with E-state index in [0.717, 1.165) is 5.56 Å². The molecule has 1 aromatic heterocycles. The van der Waals surface area contributed by atoms with Gasteiger partial charge in [0.2, 0.25) is 0 Å². The number of hydrogen-bond acceptors (Lipinski definition) is 3. The van der Waals surface area contributed by atoms with E-state index in [4.69, 9.17) is 0 Å². The smallest absolute Gasteiger partial charge is 0.253 e. The molecule has 4 nitrogen and oxygen atoms in total. The lowest BCUT2D eigenvalue weighted by Gasteiger charge is -2.26. The van der Waals surface area contributed by atoms with E-state index in [1.165, 1.54) is 0 Å². The number of nitrogens with one attached hydrogen (secondary N) is 1. The minimum Gasteiger partial charge on any atom is -0.378 e. The van der Waals surface area contributed by atoms with Crippen LogP contribution in [0.1, 0.15) is 31.1 Å². The van der Waals surface area contributed by atoms with Crippen LogP contribution in [0.5, 0.6) is 0 Å². The maximum absolute atomic E-state index is 12.0. The van der Waals surface area contributed by atoms with E-state index in [-0.39, 0.29) is 11.3 Å². The summed E-state index contributed by atoms with van der Waals surface area (Å²) in [5, 5.41) is 12.8. The molecule has 0 bridgehead atoms. The van der Waals surface area contributed by atoms with Gasteiger partial charge in [-0.05, 0) is 23.3 Å². The van der Waals surface area contributed by atoms with Crippen molar-refractivity contribution in [1.82, 2.24) is 10.3 Å². The van der Waals surface area contributed by atoms with Crippen molar-refractivity contribution in [3.63, 3.8) is 0 Å². The Labute approximate surface area is 124 Å². The first kappa shape index (κ1) is 15.2. The molecule has 0 radical (unpaired) electrons. The van der Waals surface area contributed by atoms with Crippen LogP contribution in [0.3, 0.4) is 0 Å². The van der Waals surface area contributed by atoms with Crippen LogP contribution in [-0.2, 0) is 10.2 Å². The lowest BCUT2D eigenvalue weighted by atomic mass is 9.85. The third-order valence-electron chi connectivity index (χ3n) is 3.53. The molecule has 0 aliphatic rings. The first-order chi connectivity index (χ1) is 10.0. The van der Waals surface area contributed by atoms with E-state index in [2.05, 4.69) is 10.3 Å². The summed E-state index contributed by atoms with van der Waals surface area (Å²) in [6, 6.07) is 12.8. The fraction of sp³-hybridized carbons (Fsp3) is 0.294. The number of hydrogen-bond donors (Lipinski definition) is 2. The summed E-state index contributed by atoms with van der Waals surface area (Å²) in [5.41, 5.74) is 1.46. The van der Waals surface area contributed by atoms with E-state index in [9.17, 15) is 9.90 Å². The normalized spacial score (nSPS) is 12.7. The van der Waals surface area contributed by atoms with Crippen LogP contribution in [0.25, 0.3) is 0 Å². The zero-order valence-electron chi connectivity index (χ0n) is 12.3. The predicted molar refractivity (Wildman–Crippen MR) is 81.7 cm³/mol. The monoisotopic (exact) mass is 284 g/mol. The van der Waals surface area contributed by atoms with E-state index < -0.39 is 6.10 Å². The second kappa shape index (κ2) is 6.50. The molecule has 2 aromatic rings. The van der Waals surface area contributed by atoms with Crippen molar-refractivity contribution >= 4 is 5.91 Å². The van der Waals surface area contributed by atoms with Crippen molar-refractivity contribution in [2.45, 2.75) is 25.4 Å². The molecule has 4 heteroatoms. The highest BCUT2D eigenvalue weighted by molar-refractivity contribution is 5.82. The van der Waals surface area contributed by atoms with E-state index in [0.29, 0.717) is 12.1 Å².